The lowest BCUT2D eigenvalue weighted by Gasteiger charge is -2.32. The molecule has 0 aliphatic carbocycles. The molecular weight excluding hydrogens is 319 g/mol. The van der Waals surface area contributed by atoms with Crippen LogP contribution >= 0.6 is 0 Å². The van der Waals surface area contributed by atoms with E-state index in [0.717, 1.165) is 5.46 Å². The number of aryl methyl sites for hydroxylation is 1. The number of carbonyl (C=O) groups excluding carboxylic acids is 1. The van der Waals surface area contributed by atoms with Gasteiger partial charge in [0.25, 0.3) is 5.91 Å². The van der Waals surface area contributed by atoms with Crippen molar-refractivity contribution >= 4 is 24.3 Å². The first-order valence-electron chi connectivity index (χ1n) is 8.10. The minimum Gasteiger partial charge on any atom is -0.399 e. The third kappa shape index (κ3) is 3.55. The van der Waals surface area contributed by atoms with Gasteiger partial charge in [0, 0.05) is 12.4 Å². The molecule has 3 rings (SSSR count). The van der Waals surface area contributed by atoms with Gasteiger partial charge in [0.05, 0.1) is 11.2 Å². The van der Waals surface area contributed by atoms with Crippen LogP contribution in [0.2, 0.25) is 0 Å². The fraction of sp³-hybridized carbons (Fsp3) is 0.412. The van der Waals surface area contributed by atoms with E-state index in [9.17, 15) is 4.79 Å². The molecule has 1 N–H and O–H groups in total. The van der Waals surface area contributed by atoms with Crippen molar-refractivity contribution in [1.29, 1.82) is 0 Å². The molecule has 0 aromatic carbocycles. The maximum Gasteiger partial charge on any atom is 0.495 e. The normalized spacial score (nSPS) is 18.2. The van der Waals surface area contributed by atoms with Gasteiger partial charge in [-0.1, -0.05) is 0 Å². The average molecular weight is 340 g/mol. The summed E-state index contributed by atoms with van der Waals surface area (Å²) in [6.07, 6.45) is 3.16. The Labute approximate surface area is 147 Å². The zero-order valence-corrected chi connectivity index (χ0v) is 15.0. The maximum absolute atomic E-state index is 12.3. The molecule has 7 nitrogen and oxygen atoms in total. The number of hydrogen-bond acceptors (Lipinski definition) is 6. The van der Waals surface area contributed by atoms with E-state index >= 15 is 0 Å². The summed E-state index contributed by atoms with van der Waals surface area (Å²) < 4.78 is 12.1. The maximum atomic E-state index is 12.3. The molecule has 8 heteroatoms. The summed E-state index contributed by atoms with van der Waals surface area (Å²) in [5.74, 6) is 0.601. The molecule has 2 aromatic heterocycles. The Morgan fingerprint density at radius 3 is 2.36 bits per heavy atom. The van der Waals surface area contributed by atoms with Crippen molar-refractivity contribution < 1.29 is 14.1 Å². The van der Waals surface area contributed by atoms with E-state index in [1.165, 1.54) is 0 Å². The van der Waals surface area contributed by atoms with Crippen LogP contribution < -0.4 is 10.8 Å². The zero-order chi connectivity index (χ0) is 18.2. The number of pyridine rings is 1. The first-order chi connectivity index (χ1) is 11.7. The fourth-order valence-electron chi connectivity index (χ4n) is 2.40. The van der Waals surface area contributed by atoms with Gasteiger partial charge in [-0.3, -0.25) is 4.79 Å². The Bertz CT molecular complexity index is 794. The minimum atomic E-state index is -0.509. The van der Waals surface area contributed by atoms with E-state index in [2.05, 4.69) is 20.3 Å². The molecule has 0 saturated carbocycles. The van der Waals surface area contributed by atoms with Crippen molar-refractivity contribution in [2.24, 2.45) is 0 Å². The Morgan fingerprint density at radius 1 is 1.08 bits per heavy atom. The van der Waals surface area contributed by atoms with Crippen LogP contribution in [0.4, 0.5) is 5.82 Å². The molecule has 130 valence electrons. The Hall–Kier alpha value is -2.32. The second-order valence-electron chi connectivity index (χ2n) is 7.01. The van der Waals surface area contributed by atoms with Crippen LogP contribution in [0.1, 0.15) is 44.0 Å². The van der Waals surface area contributed by atoms with Crippen LogP contribution in [0.3, 0.4) is 0 Å². The molecule has 25 heavy (non-hydrogen) atoms. The highest BCUT2D eigenvalue weighted by Gasteiger charge is 2.51. The largest absolute Gasteiger partial charge is 0.495 e. The molecule has 0 spiro atoms. The second-order valence-corrected chi connectivity index (χ2v) is 7.01. The summed E-state index contributed by atoms with van der Waals surface area (Å²) in [5, 5.41) is 2.74. The lowest BCUT2D eigenvalue weighted by Crippen LogP contribution is -2.41. The Morgan fingerprint density at radius 2 is 1.72 bits per heavy atom. The summed E-state index contributed by atoms with van der Waals surface area (Å²) in [5.41, 5.74) is 0.226. The molecule has 0 atom stereocenters. The zero-order valence-electron chi connectivity index (χ0n) is 15.0. The summed E-state index contributed by atoms with van der Waals surface area (Å²) in [7, 11) is -0.509. The number of aromatic nitrogens is 3. The van der Waals surface area contributed by atoms with Gasteiger partial charge in [-0.15, -0.1) is 0 Å². The van der Waals surface area contributed by atoms with Gasteiger partial charge in [0.1, 0.15) is 17.3 Å². The van der Waals surface area contributed by atoms with Gasteiger partial charge in [-0.05, 0) is 58.3 Å². The number of carbonyl (C=O) groups is 1. The van der Waals surface area contributed by atoms with Crippen molar-refractivity contribution in [2.75, 3.05) is 5.32 Å². The van der Waals surface area contributed by atoms with Crippen LogP contribution in [0.5, 0.6) is 0 Å². The quantitative estimate of drug-likeness (QED) is 0.857. The van der Waals surface area contributed by atoms with E-state index < -0.39 is 18.3 Å². The van der Waals surface area contributed by atoms with Crippen molar-refractivity contribution in [3.8, 4) is 0 Å². The summed E-state index contributed by atoms with van der Waals surface area (Å²) >= 11 is 0. The number of nitrogens with one attached hydrogen (secondary N) is 1. The Balaban J connectivity index is 1.78. The number of nitrogens with zero attached hydrogens (tertiary/aromatic N) is 3. The molecule has 0 radical (unpaired) electrons. The SMILES string of the molecule is Cc1nccc(C(=O)Nc2cc(B3OC(C)(C)C(C)(C)O3)ccn2)n1. The van der Waals surface area contributed by atoms with Gasteiger partial charge >= 0.3 is 7.12 Å². The lowest BCUT2D eigenvalue weighted by molar-refractivity contribution is 0.00578. The van der Waals surface area contributed by atoms with E-state index in [0.29, 0.717) is 11.6 Å². The molecule has 1 saturated heterocycles. The predicted octanol–water partition coefficient (Wildman–Crippen LogP) is 1.73. The number of rotatable bonds is 3. The van der Waals surface area contributed by atoms with Gasteiger partial charge in [-0.25, -0.2) is 15.0 Å². The topological polar surface area (TPSA) is 86.2 Å². The first kappa shape index (κ1) is 17.5. The van der Waals surface area contributed by atoms with E-state index in [-0.39, 0.29) is 11.6 Å². The number of anilines is 1. The molecule has 0 unspecified atom stereocenters. The summed E-state index contributed by atoms with van der Waals surface area (Å²) in [6, 6.07) is 5.11. The van der Waals surface area contributed by atoms with Crippen LogP contribution in [0, 0.1) is 6.92 Å². The molecule has 3 heterocycles. The number of amides is 1. The number of hydrogen-bond donors (Lipinski definition) is 1. The van der Waals surface area contributed by atoms with Crippen molar-refractivity contribution in [2.45, 2.75) is 45.8 Å². The van der Waals surface area contributed by atoms with Crippen LogP contribution in [0.25, 0.3) is 0 Å². The first-order valence-corrected chi connectivity index (χ1v) is 8.10. The van der Waals surface area contributed by atoms with Crippen molar-refractivity contribution in [3.05, 3.63) is 42.1 Å². The van der Waals surface area contributed by atoms with Gasteiger partial charge in [-0.2, -0.15) is 0 Å². The highest BCUT2D eigenvalue weighted by atomic mass is 16.7. The lowest BCUT2D eigenvalue weighted by atomic mass is 9.80. The molecule has 1 fully saturated rings. The molecule has 2 aromatic rings. The average Bonchev–Trinajstić information content (AvgIpc) is 2.76. The van der Waals surface area contributed by atoms with Crippen LogP contribution in [-0.4, -0.2) is 39.2 Å². The molecule has 0 bridgehead atoms. The van der Waals surface area contributed by atoms with E-state index in [4.69, 9.17) is 9.31 Å². The van der Waals surface area contributed by atoms with Crippen molar-refractivity contribution in [3.63, 3.8) is 0 Å². The summed E-state index contributed by atoms with van der Waals surface area (Å²) in [4.78, 5) is 24.6. The monoisotopic (exact) mass is 340 g/mol. The predicted molar refractivity (Wildman–Crippen MR) is 94.7 cm³/mol. The Kier molecular flexibility index (Phi) is 4.34. The second kappa shape index (κ2) is 6.20. The highest BCUT2D eigenvalue weighted by molar-refractivity contribution is 6.62. The standard InChI is InChI=1S/C17H21BN4O3/c1-11-19-9-7-13(21-11)15(23)22-14-10-12(6-8-20-14)18-24-16(2,3)17(4,5)25-18/h6-10H,1-5H3,(H,20,22,23). The molecule has 1 amide bonds. The third-order valence-electron chi connectivity index (χ3n) is 4.56. The van der Waals surface area contributed by atoms with Crippen LogP contribution in [-0.2, 0) is 9.31 Å². The van der Waals surface area contributed by atoms with Crippen LogP contribution in [0.15, 0.2) is 30.6 Å². The third-order valence-corrected chi connectivity index (χ3v) is 4.56. The molecular formula is C17H21BN4O3. The van der Waals surface area contributed by atoms with Crippen molar-refractivity contribution in [1.82, 2.24) is 15.0 Å². The van der Waals surface area contributed by atoms with E-state index in [1.807, 2.05) is 33.8 Å². The van der Waals surface area contributed by atoms with Gasteiger partial charge in [0.15, 0.2) is 0 Å². The van der Waals surface area contributed by atoms with Gasteiger partial charge < -0.3 is 14.6 Å². The minimum absolute atomic E-state index is 0.287. The molecule has 1 aliphatic rings. The summed E-state index contributed by atoms with van der Waals surface area (Å²) in [6.45, 7) is 9.71. The van der Waals surface area contributed by atoms with Gasteiger partial charge in [0.2, 0.25) is 0 Å². The fourth-order valence-corrected chi connectivity index (χ4v) is 2.40. The smallest absolute Gasteiger partial charge is 0.399 e. The molecule has 1 aliphatic heterocycles. The van der Waals surface area contributed by atoms with E-state index in [1.54, 1.807) is 31.5 Å². The highest BCUT2D eigenvalue weighted by Crippen LogP contribution is 2.36.